The maximum absolute atomic E-state index is 12.9. The molecule has 8 heteroatoms. The molecule has 0 saturated carbocycles. The zero-order chi connectivity index (χ0) is 22.1. The first kappa shape index (κ1) is 24.0. The lowest BCUT2D eigenvalue weighted by Gasteiger charge is -2.34. The number of guanidine groups is 1. The number of hydrogen-bond acceptors (Lipinski definition) is 2. The van der Waals surface area contributed by atoms with Crippen molar-refractivity contribution in [3.63, 3.8) is 0 Å². The lowest BCUT2D eigenvalue weighted by atomic mass is 9.93. The summed E-state index contributed by atoms with van der Waals surface area (Å²) in [5.41, 5.74) is 0.0726. The number of piperidine rings is 1. The fourth-order valence-corrected chi connectivity index (χ4v) is 3.69. The van der Waals surface area contributed by atoms with Crippen molar-refractivity contribution in [1.82, 2.24) is 15.5 Å². The van der Waals surface area contributed by atoms with E-state index < -0.39 is 11.7 Å². The molecule has 1 aromatic carbocycles. The molecule has 1 atom stereocenters. The molecule has 1 amide bonds. The Balaban J connectivity index is 1.91. The van der Waals surface area contributed by atoms with Crippen LogP contribution in [0.5, 0.6) is 0 Å². The van der Waals surface area contributed by atoms with Gasteiger partial charge in [-0.1, -0.05) is 25.1 Å². The maximum Gasteiger partial charge on any atom is 0.416 e. The van der Waals surface area contributed by atoms with E-state index in [1.807, 2.05) is 13.8 Å². The first-order valence-electron chi connectivity index (χ1n) is 10.7. The second-order valence-electron chi connectivity index (χ2n) is 7.86. The Morgan fingerprint density at radius 3 is 2.60 bits per heavy atom. The number of hydrogen-bond donors (Lipinski definition) is 2. The molecule has 1 aliphatic rings. The second-order valence-corrected chi connectivity index (χ2v) is 7.86. The highest BCUT2D eigenvalue weighted by atomic mass is 19.4. The van der Waals surface area contributed by atoms with Crippen molar-refractivity contribution < 1.29 is 18.0 Å². The van der Waals surface area contributed by atoms with E-state index in [0.717, 1.165) is 44.5 Å². The molecule has 0 aliphatic carbocycles. The van der Waals surface area contributed by atoms with Gasteiger partial charge in [0, 0.05) is 39.6 Å². The van der Waals surface area contributed by atoms with Crippen molar-refractivity contribution in [2.45, 2.75) is 51.6 Å². The van der Waals surface area contributed by atoms with Crippen LogP contribution in [0, 0.1) is 5.92 Å². The lowest BCUT2D eigenvalue weighted by molar-refractivity contribution is -0.137. The van der Waals surface area contributed by atoms with Gasteiger partial charge in [0.2, 0.25) is 5.91 Å². The van der Waals surface area contributed by atoms with Crippen molar-refractivity contribution in [2.24, 2.45) is 10.9 Å². The fourth-order valence-electron chi connectivity index (χ4n) is 3.69. The van der Waals surface area contributed by atoms with Gasteiger partial charge in [0.05, 0.1) is 5.56 Å². The number of nitrogens with one attached hydrogen (secondary N) is 2. The van der Waals surface area contributed by atoms with Crippen LogP contribution in [-0.4, -0.2) is 50.0 Å². The number of carbonyl (C=O) groups excluding carboxylic acids is 1. The number of amides is 1. The molecule has 0 aromatic heterocycles. The monoisotopic (exact) mass is 426 g/mol. The molecule has 1 fully saturated rings. The summed E-state index contributed by atoms with van der Waals surface area (Å²) >= 11 is 0. The van der Waals surface area contributed by atoms with Gasteiger partial charge in [-0.05, 0) is 49.7 Å². The number of carbonyl (C=O) groups is 1. The van der Waals surface area contributed by atoms with E-state index in [4.69, 9.17) is 4.99 Å². The van der Waals surface area contributed by atoms with Crippen LogP contribution in [0.1, 0.15) is 56.6 Å². The van der Waals surface area contributed by atoms with Gasteiger partial charge in [-0.25, -0.2) is 0 Å². The van der Waals surface area contributed by atoms with Crippen molar-refractivity contribution in [3.05, 3.63) is 35.4 Å². The molecule has 1 unspecified atom stereocenters. The minimum atomic E-state index is -4.32. The van der Waals surface area contributed by atoms with Crippen LogP contribution in [0.4, 0.5) is 13.2 Å². The van der Waals surface area contributed by atoms with Gasteiger partial charge in [-0.2, -0.15) is 13.2 Å². The van der Waals surface area contributed by atoms with Crippen LogP contribution >= 0.6 is 0 Å². The van der Waals surface area contributed by atoms with Crippen LogP contribution < -0.4 is 10.6 Å². The number of nitrogens with zero attached hydrogens (tertiary/aromatic N) is 2. The molecule has 2 rings (SSSR count). The van der Waals surface area contributed by atoms with E-state index in [1.54, 1.807) is 13.1 Å². The Labute approximate surface area is 177 Å². The number of likely N-dealkylation sites (tertiary alicyclic amines) is 1. The van der Waals surface area contributed by atoms with Gasteiger partial charge < -0.3 is 15.5 Å². The SMILES string of the molecule is CCNC(=NCCC(C)c1cccc(C(F)(F)F)c1)N1CCC(CC(=O)NC)CC1. The molecule has 0 bridgehead atoms. The molecular weight excluding hydrogens is 393 g/mol. The molecule has 168 valence electrons. The zero-order valence-electron chi connectivity index (χ0n) is 18.1. The summed E-state index contributed by atoms with van der Waals surface area (Å²) in [7, 11) is 1.66. The van der Waals surface area contributed by atoms with E-state index in [9.17, 15) is 18.0 Å². The predicted molar refractivity (Wildman–Crippen MR) is 113 cm³/mol. The van der Waals surface area contributed by atoms with Crippen LogP contribution in [0.15, 0.2) is 29.3 Å². The van der Waals surface area contributed by atoms with E-state index >= 15 is 0 Å². The molecule has 2 N–H and O–H groups in total. The predicted octanol–water partition coefficient (Wildman–Crippen LogP) is 4.01. The molecule has 1 heterocycles. The standard InChI is InChI=1S/C22H33F3N4O/c1-4-27-21(29-12-9-17(10-13-29)14-20(30)26-3)28-11-8-16(2)18-6-5-7-19(15-18)22(23,24)25/h5-7,15-17H,4,8-14H2,1-3H3,(H,26,30)(H,27,28). The third-order valence-electron chi connectivity index (χ3n) is 5.61. The molecule has 1 saturated heterocycles. The molecule has 5 nitrogen and oxygen atoms in total. The highest BCUT2D eigenvalue weighted by Gasteiger charge is 2.30. The summed E-state index contributed by atoms with van der Waals surface area (Å²) < 4.78 is 38.8. The zero-order valence-corrected chi connectivity index (χ0v) is 18.1. The van der Waals surface area contributed by atoms with Gasteiger partial charge >= 0.3 is 6.18 Å². The van der Waals surface area contributed by atoms with E-state index in [0.29, 0.717) is 30.9 Å². The number of halogens is 3. The van der Waals surface area contributed by atoms with Crippen LogP contribution in [0.2, 0.25) is 0 Å². The average molecular weight is 427 g/mol. The third-order valence-corrected chi connectivity index (χ3v) is 5.61. The number of alkyl halides is 3. The van der Waals surface area contributed by atoms with Gasteiger partial charge in [0.15, 0.2) is 5.96 Å². The van der Waals surface area contributed by atoms with Crippen LogP contribution in [-0.2, 0) is 11.0 Å². The largest absolute Gasteiger partial charge is 0.416 e. The highest BCUT2D eigenvalue weighted by molar-refractivity contribution is 5.80. The summed E-state index contributed by atoms with van der Waals surface area (Å²) in [6, 6.07) is 5.54. The molecule has 0 radical (unpaired) electrons. The Bertz CT molecular complexity index is 713. The fraction of sp³-hybridized carbons (Fsp3) is 0.636. The third kappa shape index (κ3) is 7.22. The summed E-state index contributed by atoms with van der Waals surface area (Å²) in [6.07, 6.45) is -1.21. The summed E-state index contributed by atoms with van der Waals surface area (Å²) in [5, 5.41) is 5.99. The Morgan fingerprint density at radius 1 is 1.30 bits per heavy atom. The second kappa shape index (κ2) is 11.2. The van der Waals surface area contributed by atoms with Crippen LogP contribution in [0.25, 0.3) is 0 Å². The van der Waals surface area contributed by atoms with Gasteiger partial charge in [0.1, 0.15) is 0 Å². The normalized spacial score (nSPS) is 17.0. The van der Waals surface area contributed by atoms with E-state index in [1.165, 1.54) is 12.1 Å². The highest BCUT2D eigenvalue weighted by Crippen LogP contribution is 2.31. The average Bonchev–Trinajstić information content (AvgIpc) is 2.73. The number of aliphatic imine (C=N–C) groups is 1. The van der Waals surface area contributed by atoms with Crippen LogP contribution in [0.3, 0.4) is 0 Å². The van der Waals surface area contributed by atoms with Crippen molar-refractivity contribution in [3.8, 4) is 0 Å². The molecule has 1 aromatic rings. The smallest absolute Gasteiger partial charge is 0.359 e. The summed E-state index contributed by atoms with van der Waals surface area (Å²) in [6.45, 7) is 6.92. The Hall–Kier alpha value is -2.25. The van der Waals surface area contributed by atoms with E-state index in [-0.39, 0.29) is 11.8 Å². The van der Waals surface area contributed by atoms with Gasteiger partial charge in [0.25, 0.3) is 0 Å². The summed E-state index contributed by atoms with van der Waals surface area (Å²) in [5.74, 6) is 1.30. The quantitative estimate of drug-likeness (QED) is 0.512. The topological polar surface area (TPSA) is 56.7 Å². The maximum atomic E-state index is 12.9. The number of benzene rings is 1. The van der Waals surface area contributed by atoms with Gasteiger partial charge in [-0.15, -0.1) is 0 Å². The molecule has 0 spiro atoms. The molecule has 30 heavy (non-hydrogen) atoms. The first-order chi connectivity index (χ1) is 14.2. The van der Waals surface area contributed by atoms with Crippen molar-refractivity contribution >= 4 is 11.9 Å². The minimum Gasteiger partial charge on any atom is -0.359 e. The number of rotatable bonds is 7. The lowest BCUT2D eigenvalue weighted by Crippen LogP contribution is -2.46. The Kier molecular flexibility index (Phi) is 8.99. The molecule has 1 aliphatic heterocycles. The Morgan fingerprint density at radius 2 is 2.00 bits per heavy atom. The van der Waals surface area contributed by atoms with Crippen molar-refractivity contribution in [1.29, 1.82) is 0 Å². The van der Waals surface area contributed by atoms with Crippen molar-refractivity contribution in [2.75, 3.05) is 33.2 Å². The minimum absolute atomic E-state index is 0.0165. The molecular formula is C22H33F3N4O. The van der Waals surface area contributed by atoms with E-state index in [2.05, 4.69) is 15.5 Å². The summed E-state index contributed by atoms with van der Waals surface area (Å²) in [4.78, 5) is 18.5. The van der Waals surface area contributed by atoms with Gasteiger partial charge in [-0.3, -0.25) is 9.79 Å². The first-order valence-corrected chi connectivity index (χ1v) is 10.7.